The van der Waals surface area contributed by atoms with Crippen molar-refractivity contribution in [1.29, 1.82) is 0 Å². The van der Waals surface area contributed by atoms with Crippen LogP contribution < -0.4 is 59.1 Å². The maximum absolute atomic E-state index is 8.52. The van der Waals surface area contributed by atoms with Crippen molar-refractivity contribution in [3.05, 3.63) is 42.5 Å². The summed E-state index contributed by atoms with van der Waals surface area (Å²) in [6, 6.07) is 10.0. The Morgan fingerprint density at radius 3 is 1.60 bits per heavy atom. The van der Waals surface area contributed by atoms with Gasteiger partial charge in [0.05, 0.1) is 0 Å². The molecular weight excluding hydrogens is 238 g/mol. The van der Waals surface area contributed by atoms with E-state index in [4.69, 9.17) is 17.5 Å². The SMILES string of the molecule is C=Cc1ccccc1.O=S(=O)([O-])[O-].[Na+].[Na+]. The van der Waals surface area contributed by atoms with Gasteiger partial charge in [-0.2, -0.15) is 0 Å². The molecule has 0 amide bonds. The molecule has 1 aromatic carbocycles. The van der Waals surface area contributed by atoms with E-state index in [-0.39, 0.29) is 59.1 Å². The molecule has 0 aliphatic carbocycles. The van der Waals surface area contributed by atoms with Gasteiger partial charge in [-0.15, -0.1) is 0 Å². The van der Waals surface area contributed by atoms with Crippen molar-refractivity contribution in [3.63, 3.8) is 0 Å². The molecular formula is C8H8Na2O4S. The minimum absolute atomic E-state index is 0. The van der Waals surface area contributed by atoms with Crippen LogP contribution in [0.3, 0.4) is 0 Å². The zero-order valence-corrected chi connectivity index (χ0v) is 13.5. The van der Waals surface area contributed by atoms with Gasteiger partial charge in [0.1, 0.15) is 0 Å². The topological polar surface area (TPSA) is 80.3 Å². The molecule has 0 bridgehead atoms. The standard InChI is InChI=1S/C8H8.2Na.H2O4S/c1-2-8-6-4-3-5-7-8;;;1-5(2,3)4/h2-7H,1H2;;;(H2,1,2,3,4)/q;2*+1;/p-2. The molecule has 7 heteroatoms. The van der Waals surface area contributed by atoms with Crippen LogP contribution in [0.25, 0.3) is 6.08 Å². The summed E-state index contributed by atoms with van der Waals surface area (Å²) < 4.78 is 34.1. The first kappa shape index (κ1) is 21.1. The van der Waals surface area contributed by atoms with Gasteiger partial charge in [-0.25, -0.2) is 0 Å². The average molecular weight is 246 g/mol. The molecule has 0 fully saturated rings. The molecule has 0 N–H and O–H groups in total. The third-order valence-electron chi connectivity index (χ3n) is 1.04. The molecule has 0 aromatic heterocycles. The van der Waals surface area contributed by atoms with Crippen molar-refractivity contribution in [1.82, 2.24) is 0 Å². The van der Waals surface area contributed by atoms with Crippen LogP contribution in [-0.4, -0.2) is 17.5 Å². The first-order valence-corrected chi connectivity index (χ1v) is 4.61. The molecule has 0 aliphatic heterocycles. The molecule has 15 heavy (non-hydrogen) atoms. The second kappa shape index (κ2) is 11.3. The number of benzene rings is 1. The maximum Gasteiger partial charge on any atom is 1.00 e. The quantitative estimate of drug-likeness (QED) is 0.282. The average Bonchev–Trinajstić information content (AvgIpc) is 2.03. The van der Waals surface area contributed by atoms with Crippen LogP contribution in [0.4, 0.5) is 0 Å². The van der Waals surface area contributed by atoms with Crippen LogP contribution in [0.5, 0.6) is 0 Å². The molecule has 0 aliphatic rings. The largest absolute Gasteiger partial charge is 1.00 e. The predicted molar refractivity (Wildman–Crippen MR) is 47.0 cm³/mol. The summed E-state index contributed by atoms with van der Waals surface area (Å²) in [6.45, 7) is 3.63. The number of hydrogen-bond donors (Lipinski definition) is 0. The molecule has 0 saturated heterocycles. The third kappa shape index (κ3) is 20.8. The monoisotopic (exact) mass is 246 g/mol. The van der Waals surface area contributed by atoms with Gasteiger partial charge < -0.3 is 9.11 Å². The van der Waals surface area contributed by atoms with Crippen LogP contribution in [0.15, 0.2) is 36.9 Å². The molecule has 0 atom stereocenters. The Kier molecular flexibility index (Phi) is 16.0. The van der Waals surface area contributed by atoms with E-state index in [1.54, 1.807) is 0 Å². The fourth-order valence-electron chi connectivity index (χ4n) is 0.589. The summed E-state index contributed by atoms with van der Waals surface area (Å²) in [5, 5.41) is 0. The van der Waals surface area contributed by atoms with Crippen molar-refractivity contribution in [3.8, 4) is 0 Å². The van der Waals surface area contributed by atoms with Gasteiger partial charge >= 0.3 is 59.1 Å². The maximum atomic E-state index is 8.52. The Morgan fingerprint density at radius 1 is 1.07 bits per heavy atom. The van der Waals surface area contributed by atoms with E-state index < -0.39 is 10.4 Å². The summed E-state index contributed by atoms with van der Waals surface area (Å²) in [5.41, 5.74) is 1.17. The van der Waals surface area contributed by atoms with Crippen molar-refractivity contribution in [2.45, 2.75) is 0 Å². The Bertz CT molecular complexity index is 342. The van der Waals surface area contributed by atoms with Gasteiger partial charge in [0.2, 0.25) is 0 Å². The van der Waals surface area contributed by atoms with E-state index in [0.717, 1.165) is 0 Å². The smallest absolute Gasteiger partial charge is 0.759 e. The Hall–Kier alpha value is 0.830. The summed E-state index contributed by atoms with van der Waals surface area (Å²) in [7, 11) is -5.17. The third-order valence-corrected chi connectivity index (χ3v) is 1.04. The molecule has 1 rings (SSSR count). The van der Waals surface area contributed by atoms with E-state index >= 15 is 0 Å². The molecule has 0 unspecified atom stereocenters. The molecule has 0 saturated carbocycles. The van der Waals surface area contributed by atoms with Crippen molar-refractivity contribution in [2.24, 2.45) is 0 Å². The minimum atomic E-state index is -5.17. The summed E-state index contributed by atoms with van der Waals surface area (Å²) in [5.74, 6) is 0. The van der Waals surface area contributed by atoms with Gasteiger partial charge in [-0.1, -0.05) is 43.0 Å². The molecule has 72 valence electrons. The van der Waals surface area contributed by atoms with E-state index in [1.165, 1.54) is 5.56 Å². The van der Waals surface area contributed by atoms with Crippen LogP contribution >= 0.6 is 0 Å². The van der Waals surface area contributed by atoms with Gasteiger partial charge in [-0.3, -0.25) is 8.42 Å². The molecule has 0 spiro atoms. The first-order valence-electron chi connectivity index (χ1n) is 3.27. The normalized spacial score (nSPS) is 8.40. The predicted octanol–water partition coefficient (Wildman–Crippen LogP) is -5.00. The molecule has 4 nitrogen and oxygen atoms in total. The van der Waals surface area contributed by atoms with Gasteiger partial charge in [0, 0.05) is 10.4 Å². The van der Waals surface area contributed by atoms with Crippen LogP contribution in [-0.2, 0) is 10.4 Å². The fraction of sp³-hybridized carbons (Fsp3) is 0. The summed E-state index contributed by atoms with van der Waals surface area (Å²) >= 11 is 0. The number of rotatable bonds is 1. The van der Waals surface area contributed by atoms with E-state index in [0.29, 0.717) is 0 Å². The second-order valence-corrected chi connectivity index (χ2v) is 2.84. The minimum Gasteiger partial charge on any atom is -0.759 e. The van der Waals surface area contributed by atoms with E-state index in [9.17, 15) is 0 Å². The summed E-state index contributed by atoms with van der Waals surface area (Å²) in [6.07, 6.45) is 1.83. The van der Waals surface area contributed by atoms with E-state index in [2.05, 4.69) is 6.58 Å². The zero-order chi connectivity index (χ0) is 10.3. The molecule has 1 aromatic rings. The van der Waals surface area contributed by atoms with Crippen molar-refractivity contribution in [2.75, 3.05) is 0 Å². The van der Waals surface area contributed by atoms with Crippen LogP contribution in [0, 0.1) is 0 Å². The van der Waals surface area contributed by atoms with Gasteiger partial charge in [-0.05, 0) is 5.56 Å². The Labute approximate surface area is 134 Å². The first-order chi connectivity index (χ1) is 5.93. The summed E-state index contributed by atoms with van der Waals surface area (Å²) in [4.78, 5) is 0. The van der Waals surface area contributed by atoms with Crippen molar-refractivity contribution >= 4 is 16.5 Å². The van der Waals surface area contributed by atoms with Crippen LogP contribution in [0.2, 0.25) is 0 Å². The Balaban J connectivity index is -0.000000185. The number of hydrogen-bond acceptors (Lipinski definition) is 4. The van der Waals surface area contributed by atoms with Crippen molar-refractivity contribution < 1.29 is 76.6 Å². The van der Waals surface area contributed by atoms with E-state index in [1.807, 2.05) is 36.4 Å². The van der Waals surface area contributed by atoms with Gasteiger partial charge in [0.25, 0.3) is 0 Å². The molecule has 0 heterocycles. The zero-order valence-electron chi connectivity index (χ0n) is 8.71. The second-order valence-electron chi connectivity index (χ2n) is 2.02. The van der Waals surface area contributed by atoms with Crippen LogP contribution in [0.1, 0.15) is 5.56 Å². The fourth-order valence-corrected chi connectivity index (χ4v) is 0.589. The Morgan fingerprint density at radius 2 is 1.40 bits per heavy atom. The van der Waals surface area contributed by atoms with Gasteiger partial charge in [0.15, 0.2) is 0 Å². The molecule has 0 radical (unpaired) electrons.